The van der Waals surface area contributed by atoms with Gasteiger partial charge in [-0.2, -0.15) is 0 Å². The van der Waals surface area contributed by atoms with Crippen molar-refractivity contribution in [1.29, 1.82) is 0 Å². The SMILES string of the molecule is CNc1ccc2cc3nc(C)[nH]c3cc2c1. The number of aryl methyl sites for hydroxylation is 1. The lowest BCUT2D eigenvalue weighted by molar-refractivity contribution is 1.17. The van der Waals surface area contributed by atoms with Crippen LogP contribution in [0.2, 0.25) is 0 Å². The molecule has 0 aliphatic rings. The quantitative estimate of drug-likeness (QED) is 0.649. The molecule has 3 rings (SSSR count). The van der Waals surface area contributed by atoms with Gasteiger partial charge >= 0.3 is 0 Å². The summed E-state index contributed by atoms with van der Waals surface area (Å²) in [7, 11) is 1.93. The van der Waals surface area contributed by atoms with Crippen LogP contribution in [0.4, 0.5) is 5.69 Å². The van der Waals surface area contributed by atoms with Gasteiger partial charge < -0.3 is 10.3 Å². The Balaban J connectivity index is 2.36. The highest BCUT2D eigenvalue weighted by Crippen LogP contribution is 2.23. The van der Waals surface area contributed by atoms with E-state index in [-0.39, 0.29) is 0 Å². The van der Waals surface area contributed by atoms with Gasteiger partial charge in [0.2, 0.25) is 0 Å². The molecule has 0 bridgehead atoms. The lowest BCUT2D eigenvalue weighted by Crippen LogP contribution is -1.86. The van der Waals surface area contributed by atoms with Crippen molar-refractivity contribution in [1.82, 2.24) is 9.97 Å². The number of H-pyrrole nitrogens is 1. The molecule has 2 N–H and O–H groups in total. The molecule has 0 saturated carbocycles. The molecular weight excluding hydrogens is 198 g/mol. The Kier molecular flexibility index (Phi) is 1.86. The van der Waals surface area contributed by atoms with Gasteiger partial charge in [-0.25, -0.2) is 4.98 Å². The van der Waals surface area contributed by atoms with Crippen LogP contribution in [-0.4, -0.2) is 17.0 Å². The van der Waals surface area contributed by atoms with Crippen molar-refractivity contribution in [3.05, 3.63) is 36.2 Å². The number of rotatable bonds is 1. The van der Waals surface area contributed by atoms with Gasteiger partial charge in [-0.15, -0.1) is 0 Å². The first-order valence-corrected chi connectivity index (χ1v) is 5.34. The number of imidazole rings is 1. The Labute approximate surface area is 93.5 Å². The number of anilines is 1. The van der Waals surface area contributed by atoms with E-state index in [1.165, 1.54) is 10.8 Å². The molecule has 3 aromatic rings. The van der Waals surface area contributed by atoms with Gasteiger partial charge in [0.1, 0.15) is 5.82 Å². The maximum absolute atomic E-state index is 4.43. The number of hydrogen-bond acceptors (Lipinski definition) is 2. The average molecular weight is 211 g/mol. The van der Waals surface area contributed by atoms with Crippen LogP contribution in [0, 0.1) is 6.92 Å². The molecule has 0 unspecified atom stereocenters. The number of nitrogens with zero attached hydrogens (tertiary/aromatic N) is 1. The van der Waals surface area contributed by atoms with E-state index >= 15 is 0 Å². The third kappa shape index (κ3) is 1.33. The fourth-order valence-corrected chi connectivity index (χ4v) is 2.04. The Morgan fingerprint density at radius 2 is 2.00 bits per heavy atom. The summed E-state index contributed by atoms with van der Waals surface area (Å²) in [4.78, 5) is 7.69. The van der Waals surface area contributed by atoms with Crippen LogP contribution in [0.25, 0.3) is 21.8 Å². The molecule has 3 nitrogen and oxygen atoms in total. The zero-order valence-corrected chi connectivity index (χ0v) is 9.33. The second-order valence-corrected chi connectivity index (χ2v) is 4.00. The molecular formula is C13H13N3. The number of benzene rings is 2. The number of nitrogens with one attached hydrogen (secondary N) is 2. The molecule has 0 aliphatic heterocycles. The monoisotopic (exact) mass is 211 g/mol. The predicted octanol–water partition coefficient (Wildman–Crippen LogP) is 3.07. The molecule has 2 aromatic carbocycles. The fourth-order valence-electron chi connectivity index (χ4n) is 2.04. The molecule has 1 heterocycles. The third-order valence-electron chi connectivity index (χ3n) is 2.85. The van der Waals surface area contributed by atoms with E-state index in [9.17, 15) is 0 Å². The van der Waals surface area contributed by atoms with Crippen molar-refractivity contribution in [2.75, 3.05) is 12.4 Å². The van der Waals surface area contributed by atoms with Gasteiger partial charge in [0, 0.05) is 12.7 Å². The Bertz CT molecular complexity index is 667. The van der Waals surface area contributed by atoms with Crippen molar-refractivity contribution in [2.45, 2.75) is 6.92 Å². The van der Waals surface area contributed by atoms with E-state index in [2.05, 4.69) is 45.6 Å². The topological polar surface area (TPSA) is 40.7 Å². The van der Waals surface area contributed by atoms with Crippen molar-refractivity contribution < 1.29 is 0 Å². The van der Waals surface area contributed by atoms with Gasteiger partial charge in [0.15, 0.2) is 0 Å². The lowest BCUT2D eigenvalue weighted by Gasteiger charge is -2.02. The summed E-state index contributed by atoms with van der Waals surface area (Å²) in [6.07, 6.45) is 0. The molecule has 0 spiro atoms. The van der Waals surface area contributed by atoms with E-state index in [0.717, 1.165) is 22.5 Å². The van der Waals surface area contributed by atoms with E-state index in [1.807, 2.05) is 14.0 Å². The van der Waals surface area contributed by atoms with Crippen LogP contribution in [0.1, 0.15) is 5.82 Å². The molecule has 3 heteroatoms. The van der Waals surface area contributed by atoms with Crippen molar-refractivity contribution >= 4 is 27.5 Å². The molecule has 0 atom stereocenters. The number of hydrogen-bond donors (Lipinski definition) is 2. The molecule has 80 valence electrons. The summed E-state index contributed by atoms with van der Waals surface area (Å²) in [5.41, 5.74) is 3.25. The maximum Gasteiger partial charge on any atom is 0.104 e. The zero-order chi connectivity index (χ0) is 11.1. The van der Waals surface area contributed by atoms with Crippen LogP contribution < -0.4 is 5.32 Å². The Morgan fingerprint density at radius 3 is 2.81 bits per heavy atom. The van der Waals surface area contributed by atoms with Crippen molar-refractivity contribution in [3.8, 4) is 0 Å². The molecule has 16 heavy (non-hydrogen) atoms. The second-order valence-electron chi connectivity index (χ2n) is 4.00. The van der Waals surface area contributed by atoms with Crippen LogP contribution in [0.5, 0.6) is 0 Å². The van der Waals surface area contributed by atoms with E-state index in [0.29, 0.717) is 0 Å². The van der Waals surface area contributed by atoms with E-state index < -0.39 is 0 Å². The van der Waals surface area contributed by atoms with Gasteiger partial charge in [0.05, 0.1) is 11.0 Å². The van der Waals surface area contributed by atoms with Gasteiger partial charge in [-0.1, -0.05) is 6.07 Å². The minimum atomic E-state index is 0.958. The first-order valence-electron chi connectivity index (χ1n) is 5.34. The Morgan fingerprint density at radius 1 is 1.12 bits per heavy atom. The second kappa shape index (κ2) is 3.23. The Hall–Kier alpha value is -2.03. The third-order valence-corrected chi connectivity index (χ3v) is 2.85. The molecule has 0 fully saturated rings. The molecule has 1 aromatic heterocycles. The molecule has 0 aliphatic carbocycles. The highest BCUT2D eigenvalue weighted by Gasteiger charge is 2.02. The van der Waals surface area contributed by atoms with Crippen LogP contribution in [0.15, 0.2) is 30.3 Å². The number of aromatic amines is 1. The summed E-state index contributed by atoms with van der Waals surface area (Å²) in [6.45, 7) is 1.98. The van der Waals surface area contributed by atoms with E-state index in [4.69, 9.17) is 0 Å². The maximum atomic E-state index is 4.43. The van der Waals surface area contributed by atoms with Gasteiger partial charge in [0.25, 0.3) is 0 Å². The summed E-state index contributed by atoms with van der Waals surface area (Å²) in [5.74, 6) is 0.958. The fraction of sp³-hybridized carbons (Fsp3) is 0.154. The zero-order valence-electron chi connectivity index (χ0n) is 9.33. The van der Waals surface area contributed by atoms with Crippen molar-refractivity contribution in [3.63, 3.8) is 0 Å². The summed E-state index contributed by atoms with van der Waals surface area (Å²) < 4.78 is 0. The minimum absolute atomic E-state index is 0.958. The normalized spacial score (nSPS) is 11.1. The summed E-state index contributed by atoms with van der Waals surface area (Å²) in [5, 5.41) is 5.59. The largest absolute Gasteiger partial charge is 0.388 e. The minimum Gasteiger partial charge on any atom is -0.388 e. The summed E-state index contributed by atoms with van der Waals surface area (Å²) >= 11 is 0. The van der Waals surface area contributed by atoms with Gasteiger partial charge in [-0.3, -0.25) is 0 Å². The highest BCUT2D eigenvalue weighted by molar-refractivity contribution is 5.96. The average Bonchev–Trinajstić information content (AvgIpc) is 2.64. The van der Waals surface area contributed by atoms with Crippen LogP contribution in [0.3, 0.4) is 0 Å². The number of aromatic nitrogens is 2. The van der Waals surface area contributed by atoms with Crippen molar-refractivity contribution in [2.24, 2.45) is 0 Å². The van der Waals surface area contributed by atoms with Crippen LogP contribution in [-0.2, 0) is 0 Å². The highest BCUT2D eigenvalue weighted by atomic mass is 14.9. The standard InChI is InChI=1S/C13H13N3/c1-8-15-12-6-9-3-4-11(14-2)5-10(9)7-13(12)16-8/h3-7,14H,1-2H3,(H,15,16). The first-order chi connectivity index (χ1) is 7.76. The lowest BCUT2D eigenvalue weighted by atomic mass is 10.1. The smallest absolute Gasteiger partial charge is 0.104 e. The van der Waals surface area contributed by atoms with E-state index in [1.54, 1.807) is 0 Å². The van der Waals surface area contributed by atoms with Crippen LogP contribution >= 0.6 is 0 Å². The first kappa shape index (κ1) is 9.21. The molecule has 0 radical (unpaired) electrons. The predicted molar refractivity (Wildman–Crippen MR) is 67.9 cm³/mol. The molecule has 0 amide bonds. The number of fused-ring (bicyclic) bond motifs is 2. The summed E-state index contributed by atoms with van der Waals surface area (Å²) in [6, 6.07) is 10.6. The molecule has 0 saturated heterocycles. The van der Waals surface area contributed by atoms with Gasteiger partial charge in [-0.05, 0) is 42.0 Å².